The van der Waals surface area contributed by atoms with Gasteiger partial charge in [-0.25, -0.2) is 4.39 Å². The summed E-state index contributed by atoms with van der Waals surface area (Å²) in [5.41, 5.74) is 3.88. The smallest absolute Gasteiger partial charge is 0.254 e. The summed E-state index contributed by atoms with van der Waals surface area (Å²) in [4.78, 5) is 29.2. The maximum atomic E-state index is 14.2. The molecule has 5 rings (SSSR count). The molecule has 0 radical (unpaired) electrons. The van der Waals surface area contributed by atoms with Gasteiger partial charge in [-0.1, -0.05) is 30.3 Å². The molecule has 34 heavy (non-hydrogen) atoms. The lowest BCUT2D eigenvalue weighted by Crippen LogP contribution is -2.49. The minimum Gasteiger partial charge on any atom is -0.493 e. The van der Waals surface area contributed by atoms with Crippen LogP contribution >= 0.6 is 0 Å². The molecule has 3 aromatic rings. The Kier molecular flexibility index (Phi) is 5.48. The molecule has 0 fully saturated rings. The van der Waals surface area contributed by atoms with Crippen LogP contribution in [0.15, 0.2) is 54.6 Å². The summed E-state index contributed by atoms with van der Waals surface area (Å²) in [5.74, 6) is -0.737. The van der Waals surface area contributed by atoms with Gasteiger partial charge in [0, 0.05) is 17.8 Å². The van der Waals surface area contributed by atoms with Gasteiger partial charge >= 0.3 is 0 Å². The average Bonchev–Trinajstić information content (AvgIpc) is 2.85. The molecule has 0 saturated heterocycles. The van der Waals surface area contributed by atoms with Crippen LogP contribution in [0.2, 0.25) is 0 Å². The zero-order valence-electron chi connectivity index (χ0n) is 19.2. The van der Waals surface area contributed by atoms with Crippen LogP contribution in [0.4, 0.5) is 10.1 Å². The molecule has 0 bridgehead atoms. The van der Waals surface area contributed by atoms with E-state index in [-0.39, 0.29) is 11.8 Å². The molecule has 0 aliphatic carbocycles. The number of anilines is 1. The third-order valence-corrected chi connectivity index (χ3v) is 6.75. The summed E-state index contributed by atoms with van der Waals surface area (Å²) in [6.45, 7) is 2.16. The summed E-state index contributed by atoms with van der Waals surface area (Å²) in [7, 11) is 3.02. The van der Waals surface area contributed by atoms with E-state index >= 15 is 0 Å². The highest BCUT2D eigenvalue weighted by Gasteiger charge is 2.47. The molecule has 1 N–H and O–H groups in total. The molecule has 174 valence electrons. The molecule has 6 nitrogen and oxygen atoms in total. The Bertz CT molecular complexity index is 1310. The molecular weight excluding hydrogens is 435 g/mol. The largest absolute Gasteiger partial charge is 0.493 e. The predicted molar refractivity (Wildman–Crippen MR) is 126 cm³/mol. The van der Waals surface area contributed by atoms with Gasteiger partial charge in [0.1, 0.15) is 5.82 Å². The first-order valence-corrected chi connectivity index (χ1v) is 11.1. The van der Waals surface area contributed by atoms with Crippen molar-refractivity contribution in [2.75, 3.05) is 26.1 Å². The normalized spacial score (nSPS) is 18.5. The number of nitrogens with one attached hydrogen (secondary N) is 1. The number of hydrogen-bond acceptors (Lipinski definition) is 4. The molecule has 2 aliphatic rings. The second-order valence-corrected chi connectivity index (χ2v) is 8.62. The quantitative estimate of drug-likeness (QED) is 0.617. The highest BCUT2D eigenvalue weighted by atomic mass is 19.1. The molecule has 0 spiro atoms. The Morgan fingerprint density at radius 2 is 1.76 bits per heavy atom. The van der Waals surface area contributed by atoms with Crippen molar-refractivity contribution in [3.8, 4) is 11.5 Å². The Morgan fingerprint density at radius 1 is 1.03 bits per heavy atom. The summed E-state index contributed by atoms with van der Waals surface area (Å²) in [5, 5.41) is 2.88. The highest BCUT2D eigenvalue weighted by Crippen LogP contribution is 2.48. The fourth-order valence-corrected chi connectivity index (χ4v) is 5.02. The van der Waals surface area contributed by atoms with Crippen LogP contribution in [0.1, 0.15) is 44.6 Å². The molecule has 0 unspecified atom stereocenters. The number of carbonyl (C=O) groups is 2. The van der Waals surface area contributed by atoms with Crippen LogP contribution in [0.3, 0.4) is 0 Å². The molecule has 2 atom stereocenters. The number of hydrogen-bond donors (Lipinski definition) is 1. The topological polar surface area (TPSA) is 67.9 Å². The summed E-state index contributed by atoms with van der Waals surface area (Å²) < 4.78 is 25.1. The molecular formula is C27H25FN2O4. The SMILES string of the molecule is COc1cc2c(cc1OC)[C@H](C(=O)Nc1ccc(C)c(F)c1)[C@H]1c3ccccc3CCN1C2=O. The van der Waals surface area contributed by atoms with Crippen molar-refractivity contribution in [3.05, 3.63) is 88.2 Å². The van der Waals surface area contributed by atoms with Crippen molar-refractivity contribution in [1.29, 1.82) is 0 Å². The Labute approximate surface area is 197 Å². The lowest BCUT2D eigenvalue weighted by molar-refractivity contribution is -0.119. The van der Waals surface area contributed by atoms with E-state index in [2.05, 4.69) is 5.32 Å². The molecule has 3 aromatic carbocycles. The summed E-state index contributed by atoms with van der Waals surface area (Å²) in [6, 6.07) is 15.3. The van der Waals surface area contributed by atoms with Gasteiger partial charge in [0.05, 0.1) is 26.2 Å². The summed E-state index contributed by atoms with van der Waals surface area (Å²) in [6.07, 6.45) is 0.707. The van der Waals surface area contributed by atoms with Crippen LogP contribution in [0, 0.1) is 12.7 Å². The maximum Gasteiger partial charge on any atom is 0.254 e. The van der Waals surface area contributed by atoms with E-state index in [1.165, 1.54) is 20.3 Å². The first kappa shape index (κ1) is 21.9. The Balaban J connectivity index is 1.67. The minimum atomic E-state index is -0.724. The number of carbonyl (C=O) groups excluding carboxylic acids is 2. The second-order valence-electron chi connectivity index (χ2n) is 8.62. The number of fused-ring (bicyclic) bond motifs is 4. The van der Waals surface area contributed by atoms with Gasteiger partial charge < -0.3 is 19.7 Å². The average molecular weight is 461 g/mol. The van der Waals surface area contributed by atoms with E-state index in [9.17, 15) is 14.0 Å². The lowest BCUT2D eigenvalue weighted by atomic mass is 9.75. The molecule has 7 heteroatoms. The number of rotatable bonds is 4. The van der Waals surface area contributed by atoms with Gasteiger partial charge in [-0.15, -0.1) is 0 Å². The first-order chi connectivity index (χ1) is 16.4. The first-order valence-electron chi connectivity index (χ1n) is 11.1. The van der Waals surface area contributed by atoms with Gasteiger partial charge in [-0.2, -0.15) is 0 Å². The number of aryl methyl sites for hydroxylation is 1. The number of halogens is 1. The Morgan fingerprint density at radius 3 is 2.50 bits per heavy atom. The van der Waals surface area contributed by atoms with Crippen LogP contribution in [0.25, 0.3) is 0 Å². The maximum absolute atomic E-state index is 14.2. The third kappa shape index (κ3) is 3.48. The van der Waals surface area contributed by atoms with Gasteiger partial charge in [0.25, 0.3) is 5.91 Å². The molecule has 2 amide bonds. The monoisotopic (exact) mass is 460 g/mol. The summed E-state index contributed by atoms with van der Waals surface area (Å²) >= 11 is 0. The van der Waals surface area contributed by atoms with Gasteiger partial charge in [-0.3, -0.25) is 9.59 Å². The fourth-order valence-electron chi connectivity index (χ4n) is 5.02. The fraction of sp³-hybridized carbons (Fsp3) is 0.259. The number of nitrogens with zero attached hydrogens (tertiary/aromatic N) is 1. The van der Waals surface area contributed by atoms with Gasteiger partial charge in [0.2, 0.25) is 5.91 Å². The molecule has 2 heterocycles. The van der Waals surface area contributed by atoms with Crippen molar-refractivity contribution in [3.63, 3.8) is 0 Å². The lowest BCUT2D eigenvalue weighted by Gasteiger charge is -2.45. The number of benzene rings is 3. The van der Waals surface area contributed by atoms with Gasteiger partial charge in [0.15, 0.2) is 11.5 Å². The standard InChI is InChI=1S/C27H25FN2O4/c1-15-8-9-17(12-21(15)28)29-26(31)24-19-13-22(33-2)23(34-3)14-20(19)27(32)30-11-10-16-6-4-5-7-18(16)25(24)30/h4-9,12-14,24-25H,10-11H2,1-3H3,(H,29,31)/t24-,25+/m0/s1. The zero-order valence-corrected chi connectivity index (χ0v) is 19.2. The van der Waals surface area contributed by atoms with E-state index < -0.39 is 17.8 Å². The minimum absolute atomic E-state index is 0.152. The number of ether oxygens (including phenoxy) is 2. The molecule has 0 aromatic heterocycles. The van der Waals surface area contributed by atoms with Crippen molar-refractivity contribution >= 4 is 17.5 Å². The van der Waals surface area contributed by atoms with Crippen LogP contribution in [0.5, 0.6) is 11.5 Å². The van der Waals surface area contributed by atoms with E-state index in [1.807, 2.05) is 24.3 Å². The van der Waals surface area contributed by atoms with Crippen LogP contribution < -0.4 is 14.8 Å². The van der Waals surface area contributed by atoms with Crippen molar-refractivity contribution < 1.29 is 23.5 Å². The van der Waals surface area contributed by atoms with Crippen LogP contribution in [-0.2, 0) is 11.2 Å². The third-order valence-electron chi connectivity index (χ3n) is 6.75. The molecule has 0 saturated carbocycles. The number of methoxy groups -OCH3 is 2. The predicted octanol–water partition coefficient (Wildman–Crippen LogP) is 4.63. The van der Waals surface area contributed by atoms with Crippen molar-refractivity contribution in [2.45, 2.75) is 25.3 Å². The highest BCUT2D eigenvalue weighted by molar-refractivity contribution is 6.05. The zero-order chi connectivity index (χ0) is 24.0. The van der Waals surface area contributed by atoms with E-state index in [0.29, 0.717) is 46.8 Å². The van der Waals surface area contributed by atoms with Crippen molar-refractivity contribution in [2.24, 2.45) is 0 Å². The van der Waals surface area contributed by atoms with E-state index in [0.717, 1.165) is 11.1 Å². The van der Waals surface area contributed by atoms with Gasteiger partial charge in [-0.05, 0) is 59.9 Å². The van der Waals surface area contributed by atoms with Crippen LogP contribution in [-0.4, -0.2) is 37.5 Å². The van der Waals surface area contributed by atoms with Crippen molar-refractivity contribution in [1.82, 2.24) is 4.90 Å². The number of amides is 2. The van der Waals surface area contributed by atoms with E-state index in [1.54, 1.807) is 36.1 Å². The molecule has 2 aliphatic heterocycles. The van der Waals surface area contributed by atoms with E-state index in [4.69, 9.17) is 9.47 Å². The Hall–Kier alpha value is -3.87. The second kappa shape index (κ2) is 8.48.